The quantitative estimate of drug-likeness (QED) is 0.896. The first-order valence-electron chi connectivity index (χ1n) is 5.73. The van der Waals surface area contributed by atoms with Gasteiger partial charge in [-0.15, -0.1) is 0 Å². The topological polar surface area (TPSA) is 78.9 Å². The molecule has 1 aromatic rings. The summed E-state index contributed by atoms with van der Waals surface area (Å²) in [6.45, 7) is 3.26. The summed E-state index contributed by atoms with van der Waals surface area (Å²) >= 11 is 0. The van der Waals surface area contributed by atoms with Crippen LogP contribution in [-0.2, 0) is 11.0 Å². The Bertz CT molecular complexity index is 553. The zero-order valence-corrected chi connectivity index (χ0v) is 11.0. The van der Waals surface area contributed by atoms with Crippen LogP contribution in [0.2, 0.25) is 0 Å². The van der Waals surface area contributed by atoms with Gasteiger partial charge >= 0.3 is 6.18 Å². The van der Waals surface area contributed by atoms with E-state index >= 15 is 0 Å². The molecule has 7 heteroatoms. The van der Waals surface area contributed by atoms with Crippen molar-refractivity contribution in [1.29, 1.82) is 5.26 Å². The molecule has 3 N–H and O–H groups in total. The van der Waals surface area contributed by atoms with E-state index in [1.54, 1.807) is 13.8 Å². The number of rotatable bonds is 3. The molecule has 4 nitrogen and oxygen atoms in total. The standard InChI is InChI=1S/C13H14F3N3O/c1-12(2,18)6-11(20)19-9-4-3-8(7-17)10(5-9)13(14,15)16/h3-5H,6,18H2,1-2H3,(H,19,20). The van der Waals surface area contributed by atoms with Crippen LogP contribution in [-0.4, -0.2) is 11.4 Å². The Labute approximate surface area is 114 Å². The third kappa shape index (κ3) is 4.55. The van der Waals surface area contributed by atoms with E-state index in [2.05, 4.69) is 5.32 Å². The van der Waals surface area contributed by atoms with Crippen LogP contribution in [0.15, 0.2) is 18.2 Å². The fourth-order valence-electron chi connectivity index (χ4n) is 1.57. The van der Waals surface area contributed by atoms with E-state index < -0.39 is 28.7 Å². The Kier molecular flexibility index (Phi) is 4.40. The molecule has 0 atom stereocenters. The predicted molar refractivity (Wildman–Crippen MR) is 67.7 cm³/mol. The van der Waals surface area contributed by atoms with Crippen LogP contribution >= 0.6 is 0 Å². The summed E-state index contributed by atoms with van der Waals surface area (Å²) in [4.78, 5) is 11.6. The molecule has 0 aliphatic heterocycles. The molecule has 0 heterocycles. The van der Waals surface area contributed by atoms with Crippen molar-refractivity contribution in [2.24, 2.45) is 5.73 Å². The highest BCUT2D eigenvalue weighted by Gasteiger charge is 2.34. The van der Waals surface area contributed by atoms with E-state index in [0.717, 1.165) is 12.1 Å². The summed E-state index contributed by atoms with van der Waals surface area (Å²) in [6, 6.07) is 4.47. The Morgan fingerprint density at radius 1 is 1.40 bits per heavy atom. The number of benzene rings is 1. The second-order valence-electron chi connectivity index (χ2n) is 5.08. The number of nitrogens with two attached hydrogens (primary N) is 1. The summed E-state index contributed by atoms with van der Waals surface area (Å²) in [6.07, 6.45) is -4.69. The summed E-state index contributed by atoms with van der Waals surface area (Å²) in [5.41, 5.74) is 3.30. The van der Waals surface area contributed by atoms with Gasteiger partial charge in [-0.05, 0) is 32.0 Å². The van der Waals surface area contributed by atoms with Gasteiger partial charge < -0.3 is 11.1 Å². The highest BCUT2D eigenvalue weighted by molar-refractivity contribution is 5.91. The maximum absolute atomic E-state index is 12.7. The maximum Gasteiger partial charge on any atom is 0.417 e. The summed E-state index contributed by atoms with van der Waals surface area (Å²) < 4.78 is 38.2. The molecule has 0 spiro atoms. The van der Waals surface area contributed by atoms with Crippen LogP contribution in [0.5, 0.6) is 0 Å². The third-order valence-electron chi connectivity index (χ3n) is 2.35. The number of hydrogen-bond acceptors (Lipinski definition) is 3. The highest BCUT2D eigenvalue weighted by Crippen LogP contribution is 2.33. The number of carbonyl (C=O) groups is 1. The van der Waals surface area contributed by atoms with E-state index in [1.165, 1.54) is 12.1 Å². The number of hydrogen-bond donors (Lipinski definition) is 2. The monoisotopic (exact) mass is 285 g/mol. The molecule has 1 amide bonds. The number of alkyl halides is 3. The van der Waals surface area contributed by atoms with Gasteiger partial charge in [0.2, 0.25) is 5.91 Å². The van der Waals surface area contributed by atoms with Crippen molar-refractivity contribution in [3.8, 4) is 6.07 Å². The molecule has 1 aromatic carbocycles. The van der Waals surface area contributed by atoms with Gasteiger partial charge in [0.05, 0.1) is 17.2 Å². The van der Waals surface area contributed by atoms with Gasteiger partial charge in [0.1, 0.15) is 0 Å². The van der Waals surface area contributed by atoms with Crippen molar-refractivity contribution in [3.05, 3.63) is 29.3 Å². The molecule has 0 radical (unpaired) electrons. The maximum atomic E-state index is 12.7. The van der Waals surface area contributed by atoms with Gasteiger partial charge in [0.15, 0.2) is 0 Å². The molecule has 0 aromatic heterocycles. The van der Waals surface area contributed by atoms with Gasteiger partial charge in [-0.3, -0.25) is 4.79 Å². The molecule has 0 fully saturated rings. The Morgan fingerprint density at radius 3 is 2.45 bits per heavy atom. The minimum absolute atomic E-state index is 0.0226. The first-order valence-corrected chi connectivity index (χ1v) is 5.73. The van der Waals surface area contributed by atoms with Crippen molar-refractivity contribution in [2.75, 3.05) is 5.32 Å². The molecule has 108 valence electrons. The van der Waals surface area contributed by atoms with Gasteiger partial charge in [0, 0.05) is 17.6 Å². The lowest BCUT2D eigenvalue weighted by Crippen LogP contribution is -2.36. The van der Waals surface area contributed by atoms with E-state index in [9.17, 15) is 18.0 Å². The Morgan fingerprint density at radius 2 is 2.00 bits per heavy atom. The largest absolute Gasteiger partial charge is 0.417 e. The number of nitrogens with zero attached hydrogens (tertiary/aromatic N) is 1. The van der Waals surface area contributed by atoms with Gasteiger partial charge in [0.25, 0.3) is 0 Å². The molecule has 1 rings (SSSR count). The molecule has 0 saturated heterocycles. The average molecular weight is 285 g/mol. The van der Waals surface area contributed by atoms with Crippen LogP contribution in [0.1, 0.15) is 31.4 Å². The lowest BCUT2D eigenvalue weighted by Gasteiger charge is -2.18. The van der Waals surface area contributed by atoms with Crippen LogP contribution in [0.4, 0.5) is 18.9 Å². The van der Waals surface area contributed by atoms with E-state index in [0.29, 0.717) is 0 Å². The third-order valence-corrected chi connectivity index (χ3v) is 2.35. The molecule has 0 aliphatic rings. The summed E-state index contributed by atoms with van der Waals surface area (Å²) in [7, 11) is 0. The van der Waals surface area contributed by atoms with Crippen LogP contribution < -0.4 is 11.1 Å². The lowest BCUT2D eigenvalue weighted by atomic mass is 10.0. The fraction of sp³-hybridized carbons (Fsp3) is 0.385. The van der Waals surface area contributed by atoms with E-state index in [4.69, 9.17) is 11.0 Å². The van der Waals surface area contributed by atoms with E-state index in [1.807, 2.05) is 0 Å². The van der Waals surface area contributed by atoms with Crippen LogP contribution in [0.25, 0.3) is 0 Å². The number of halogens is 3. The average Bonchev–Trinajstić information content (AvgIpc) is 2.25. The van der Waals surface area contributed by atoms with Crippen molar-refractivity contribution >= 4 is 11.6 Å². The molecule has 20 heavy (non-hydrogen) atoms. The SMILES string of the molecule is CC(C)(N)CC(=O)Nc1ccc(C#N)c(C(F)(F)F)c1. The second kappa shape index (κ2) is 5.51. The second-order valence-corrected chi connectivity index (χ2v) is 5.08. The number of nitriles is 1. The van der Waals surface area contributed by atoms with Crippen molar-refractivity contribution in [3.63, 3.8) is 0 Å². The summed E-state index contributed by atoms with van der Waals surface area (Å²) in [5, 5.41) is 11.0. The van der Waals surface area contributed by atoms with Gasteiger partial charge in [-0.25, -0.2) is 0 Å². The number of nitrogens with one attached hydrogen (secondary N) is 1. The first-order chi connectivity index (χ1) is 9.03. The molecule has 0 aliphatic carbocycles. The van der Waals surface area contributed by atoms with Gasteiger partial charge in [-0.2, -0.15) is 18.4 Å². The number of carbonyl (C=O) groups excluding carboxylic acids is 1. The van der Waals surface area contributed by atoms with Crippen molar-refractivity contribution in [1.82, 2.24) is 0 Å². The molecule has 0 unspecified atom stereocenters. The van der Waals surface area contributed by atoms with E-state index in [-0.39, 0.29) is 12.1 Å². The lowest BCUT2D eigenvalue weighted by molar-refractivity contribution is -0.137. The molecular weight excluding hydrogens is 271 g/mol. The predicted octanol–water partition coefficient (Wildman–Crippen LogP) is 2.64. The Balaban J connectivity index is 3.00. The minimum atomic E-state index is -4.65. The number of anilines is 1. The van der Waals surface area contributed by atoms with Crippen LogP contribution in [0.3, 0.4) is 0 Å². The normalized spacial score (nSPS) is 11.8. The van der Waals surface area contributed by atoms with Crippen LogP contribution in [0, 0.1) is 11.3 Å². The van der Waals surface area contributed by atoms with Gasteiger partial charge in [-0.1, -0.05) is 0 Å². The molecular formula is C13H14F3N3O. The Hall–Kier alpha value is -2.07. The zero-order chi connectivity index (χ0) is 15.6. The smallest absolute Gasteiger partial charge is 0.326 e. The minimum Gasteiger partial charge on any atom is -0.326 e. The zero-order valence-electron chi connectivity index (χ0n) is 11.0. The van der Waals surface area contributed by atoms with Crippen molar-refractivity contribution in [2.45, 2.75) is 32.0 Å². The molecule has 0 saturated carbocycles. The number of amides is 1. The first kappa shape index (κ1) is 16.0. The molecule has 0 bridgehead atoms. The summed E-state index contributed by atoms with van der Waals surface area (Å²) in [5.74, 6) is -0.490. The fourth-order valence-corrected chi connectivity index (χ4v) is 1.57. The van der Waals surface area contributed by atoms with Crippen molar-refractivity contribution < 1.29 is 18.0 Å². The highest BCUT2D eigenvalue weighted by atomic mass is 19.4.